The number of pyridine rings is 1. The number of likely N-dealkylation sites (tertiary alicyclic amines) is 1. The second kappa shape index (κ2) is 7.83. The van der Waals surface area contributed by atoms with E-state index in [0.29, 0.717) is 41.5 Å². The molecule has 0 radical (unpaired) electrons. The maximum Gasteiger partial charge on any atom is 0.416 e. The summed E-state index contributed by atoms with van der Waals surface area (Å²) in [7, 11) is 1.66. The van der Waals surface area contributed by atoms with Crippen molar-refractivity contribution in [1.29, 1.82) is 5.26 Å². The van der Waals surface area contributed by atoms with E-state index in [2.05, 4.69) is 25.5 Å². The molecule has 5 rings (SSSR count). The second-order valence-electron chi connectivity index (χ2n) is 8.51. The van der Waals surface area contributed by atoms with Gasteiger partial charge in [-0.05, 0) is 43.5 Å². The number of benzene rings is 1. The van der Waals surface area contributed by atoms with Crippen molar-refractivity contribution in [3.05, 3.63) is 41.1 Å². The van der Waals surface area contributed by atoms with Gasteiger partial charge in [0.05, 0.1) is 16.8 Å². The minimum absolute atomic E-state index is 0.0395. The van der Waals surface area contributed by atoms with Crippen molar-refractivity contribution in [1.82, 2.24) is 30.2 Å². The average Bonchev–Trinajstić information content (AvgIpc) is 3.49. The Labute approximate surface area is 182 Å². The number of rotatable bonds is 5. The van der Waals surface area contributed by atoms with Gasteiger partial charge in [-0.2, -0.15) is 18.4 Å². The molecule has 3 aromatic rings. The van der Waals surface area contributed by atoms with E-state index in [1.165, 1.54) is 10.7 Å². The molecule has 0 aliphatic carbocycles. The van der Waals surface area contributed by atoms with E-state index in [0.717, 1.165) is 32.1 Å². The van der Waals surface area contributed by atoms with Gasteiger partial charge < -0.3 is 5.32 Å². The van der Waals surface area contributed by atoms with Crippen LogP contribution in [0.1, 0.15) is 29.7 Å². The topological polar surface area (TPSA) is 82.7 Å². The number of aromatic nitrogens is 4. The summed E-state index contributed by atoms with van der Waals surface area (Å²) in [5.41, 5.74) is 1.14. The molecule has 0 amide bonds. The molecule has 2 fully saturated rings. The first-order valence-electron chi connectivity index (χ1n) is 10.6. The average molecular weight is 441 g/mol. The highest BCUT2D eigenvalue weighted by Crippen LogP contribution is 2.36. The fourth-order valence-corrected chi connectivity index (χ4v) is 4.87. The summed E-state index contributed by atoms with van der Waals surface area (Å²) >= 11 is 0. The third-order valence-electron chi connectivity index (χ3n) is 6.48. The first kappa shape index (κ1) is 20.8. The molecule has 2 aromatic heterocycles. The van der Waals surface area contributed by atoms with Gasteiger partial charge in [0.15, 0.2) is 5.69 Å². The van der Waals surface area contributed by atoms with Crippen LogP contribution in [-0.2, 0) is 19.6 Å². The summed E-state index contributed by atoms with van der Waals surface area (Å²) in [6, 6.07) is 8.93. The van der Waals surface area contributed by atoms with E-state index < -0.39 is 11.7 Å². The lowest BCUT2D eigenvalue weighted by Crippen LogP contribution is -2.43. The maximum absolute atomic E-state index is 13.9. The standard InChI is InChI=1S/C22H22F3N7/c1-31-20-9-18(28-19(10-26)21(20)29-30-31)14-5-4-13(17(7-14)22(23,24)25)3-2-6-32-12-15-8-16(32)11-27-15/h4-5,7,9,15-16,27H,2-3,6,8,11-12H2,1H3/t15-,16-/m0/s1. The molecule has 2 aliphatic heterocycles. The van der Waals surface area contributed by atoms with Gasteiger partial charge in [0.2, 0.25) is 0 Å². The van der Waals surface area contributed by atoms with Crippen LogP contribution in [0.5, 0.6) is 0 Å². The van der Waals surface area contributed by atoms with Gasteiger partial charge in [0.1, 0.15) is 11.6 Å². The molecule has 1 N–H and O–H groups in total. The zero-order chi connectivity index (χ0) is 22.5. The van der Waals surface area contributed by atoms with Gasteiger partial charge in [-0.3, -0.25) is 4.90 Å². The molecule has 166 valence electrons. The smallest absolute Gasteiger partial charge is 0.311 e. The summed E-state index contributed by atoms with van der Waals surface area (Å²) in [6.07, 6.45) is -2.30. The Morgan fingerprint density at radius 2 is 2.12 bits per heavy atom. The van der Waals surface area contributed by atoms with Crippen LogP contribution in [0.25, 0.3) is 22.3 Å². The van der Waals surface area contributed by atoms with Crippen molar-refractivity contribution in [3.8, 4) is 17.3 Å². The van der Waals surface area contributed by atoms with Crippen LogP contribution in [0.4, 0.5) is 13.2 Å². The fraction of sp³-hybridized carbons (Fsp3) is 0.455. The molecule has 10 heteroatoms. The van der Waals surface area contributed by atoms with Crippen molar-refractivity contribution in [2.24, 2.45) is 7.05 Å². The van der Waals surface area contributed by atoms with Crippen LogP contribution >= 0.6 is 0 Å². The predicted octanol–water partition coefficient (Wildman–Crippen LogP) is 2.90. The monoisotopic (exact) mass is 441 g/mol. The van der Waals surface area contributed by atoms with Gasteiger partial charge >= 0.3 is 6.18 Å². The van der Waals surface area contributed by atoms with Crippen LogP contribution in [-0.4, -0.2) is 56.6 Å². The van der Waals surface area contributed by atoms with Crippen molar-refractivity contribution in [2.75, 3.05) is 19.6 Å². The Kier molecular flexibility index (Phi) is 5.10. The lowest BCUT2D eigenvalue weighted by molar-refractivity contribution is -0.138. The number of nitrogens with zero attached hydrogens (tertiary/aromatic N) is 6. The number of nitriles is 1. The predicted molar refractivity (Wildman–Crippen MR) is 112 cm³/mol. The molecule has 0 unspecified atom stereocenters. The Morgan fingerprint density at radius 1 is 1.28 bits per heavy atom. The number of piperazine rings is 1. The van der Waals surface area contributed by atoms with Gasteiger partial charge in [-0.15, -0.1) is 5.10 Å². The fourth-order valence-electron chi connectivity index (χ4n) is 4.87. The van der Waals surface area contributed by atoms with Crippen molar-refractivity contribution in [3.63, 3.8) is 0 Å². The molecule has 0 spiro atoms. The largest absolute Gasteiger partial charge is 0.416 e. The lowest BCUT2D eigenvalue weighted by Gasteiger charge is -2.27. The molecule has 2 saturated heterocycles. The second-order valence-corrected chi connectivity index (χ2v) is 8.51. The van der Waals surface area contributed by atoms with E-state index in [4.69, 9.17) is 0 Å². The number of alkyl halides is 3. The van der Waals surface area contributed by atoms with Gasteiger partial charge in [-0.1, -0.05) is 17.3 Å². The summed E-state index contributed by atoms with van der Waals surface area (Å²) in [6.45, 7) is 2.76. The number of hydrogen-bond donors (Lipinski definition) is 1. The highest BCUT2D eigenvalue weighted by atomic mass is 19.4. The number of hydrogen-bond acceptors (Lipinski definition) is 6. The first-order valence-corrected chi connectivity index (χ1v) is 10.6. The van der Waals surface area contributed by atoms with Gasteiger partial charge in [0.25, 0.3) is 0 Å². The number of nitrogens with one attached hydrogen (secondary N) is 1. The minimum Gasteiger partial charge on any atom is -0.311 e. The van der Waals surface area contributed by atoms with E-state index in [1.807, 2.05) is 6.07 Å². The van der Waals surface area contributed by atoms with E-state index in [-0.39, 0.29) is 17.0 Å². The SMILES string of the molecule is Cn1nnc2c(C#N)nc(-c3ccc(CCCN4C[C@@H]5C[C@H]4CN5)c(C(F)(F)F)c3)cc21. The Hall–Kier alpha value is -3.03. The van der Waals surface area contributed by atoms with Crippen LogP contribution in [0, 0.1) is 11.3 Å². The number of fused-ring (bicyclic) bond motifs is 3. The van der Waals surface area contributed by atoms with Crippen molar-refractivity contribution >= 4 is 11.0 Å². The van der Waals surface area contributed by atoms with Crippen molar-refractivity contribution in [2.45, 2.75) is 37.5 Å². The third kappa shape index (κ3) is 3.72. The quantitative estimate of drug-likeness (QED) is 0.656. The highest BCUT2D eigenvalue weighted by Gasteiger charge is 2.37. The summed E-state index contributed by atoms with van der Waals surface area (Å²) in [5.74, 6) is 0. The van der Waals surface area contributed by atoms with E-state index in [1.54, 1.807) is 19.2 Å². The molecule has 0 saturated carbocycles. The Morgan fingerprint density at radius 3 is 2.81 bits per heavy atom. The maximum atomic E-state index is 13.9. The zero-order valence-corrected chi connectivity index (χ0v) is 17.5. The molecular formula is C22H22F3N7. The number of aryl methyl sites for hydroxylation is 2. The molecule has 4 heterocycles. The van der Waals surface area contributed by atoms with Crippen LogP contribution in [0.15, 0.2) is 24.3 Å². The highest BCUT2D eigenvalue weighted by molar-refractivity contribution is 5.83. The van der Waals surface area contributed by atoms with Gasteiger partial charge in [-0.25, -0.2) is 9.67 Å². The molecule has 32 heavy (non-hydrogen) atoms. The molecule has 1 aromatic carbocycles. The molecule has 2 bridgehead atoms. The number of halogens is 3. The van der Waals surface area contributed by atoms with E-state index in [9.17, 15) is 18.4 Å². The summed E-state index contributed by atoms with van der Waals surface area (Å²) < 4.78 is 43.1. The summed E-state index contributed by atoms with van der Waals surface area (Å²) in [4.78, 5) is 6.62. The van der Waals surface area contributed by atoms with Crippen molar-refractivity contribution < 1.29 is 13.2 Å². The normalized spacial score (nSPS) is 20.8. The molecule has 2 aliphatic rings. The summed E-state index contributed by atoms with van der Waals surface area (Å²) in [5, 5.41) is 20.6. The minimum atomic E-state index is -4.47. The lowest BCUT2D eigenvalue weighted by atomic mass is 9.97. The van der Waals surface area contributed by atoms with Crippen LogP contribution in [0.3, 0.4) is 0 Å². The van der Waals surface area contributed by atoms with E-state index >= 15 is 0 Å². The third-order valence-corrected chi connectivity index (χ3v) is 6.48. The Balaban J connectivity index is 1.42. The molecule has 7 nitrogen and oxygen atoms in total. The van der Waals surface area contributed by atoms with Crippen LogP contribution in [0.2, 0.25) is 0 Å². The van der Waals surface area contributed by atoms with Gasteiger partial charge in [0, 0.05) is 37.8 Å². The first-order chi connectivity index (χ1) is 15.3. The van der Waals surface area contributed by atoms with Crippen LogP contribution < -0.4 is 5.32 Å². The molecule has 2 atom stereocenters. The Bertz CT molecular complexity index is 1210. The molecular weight excluding hydrogens is 419 g/mol. The zero-order valence-electron chi connectivity index (χ0n) is 17.5.